The van der Waals surface area contributed by atoms with E-state index in [0.717, 1.165) is 31.5 Å². The summed E-state index contributed by atoms with van der Waals surface area (Å²) in [4.78, 5) is 32.9. The van der Waals surface area contributed by atoms with E-state index in [4.69, 9.17) is 0 Å². The van der Waals surface area contributed by atoms with Crippen LogP contribution in [0.1, 0.15) is 45.4 Å². The Labute approximate surface area is 138 Å². The molecule has 2 amide bonds. The molecule has 1 fully saturated rings. The van der Waals surface area contributed by atoms with Gasteiger partial charge in [0.2, 0.25) is 11.8 Å². The molecule has 23 heavy (non-hydrogen) atoms. The summed E-state index contributed by atoms with van der Waals surface area (Å²) >= 11 is 0. The van der Waals surface area contributed by atoms with E-state index in [1.807, 2.05) is 17.8 Å². The lowest BCUT2D eigenvalue weighted by Gasteiger charge is -2.39. The number of hydrogen-bond donors (Lipinski definition) is 0. The molecule has 1 aliphatic heterocycles. The number of aromatic nitrogens is 2. The molecule has 1 aliphatic rings. The van der Waals surface area contributed by atoms with E-state index in [0.29, 0.717) is 26.1 Å². The molecule has 0 radical (unpaired) electrons. The lowest BCUT2D eigenvalue weighted by atomic mass is 10.0. The normalized spacial score (nSPS) is 18.6. The minimum absolute atomic E-state index is 0.0725. The fraction of sp³-hybridized carbons (Fsp3) is 0.706. The molecule has 0 aromatic carbocycles. The maximum atomic E-state index is 12.6. The van der Waals surface area contributed by atoms with E-state index in [1.54, 1.807) is 16.0 Å². The van der Waals surface area contributed by atoms with Crippen molar-refractivity contribution in [3.8, 4) is 0 Å². The molecule has 1 atom stereocenters. The van der Waals surface area contributed by atoms with Gasteiger partial charge in [-0.05, 0) is 6.42 Å². The maximum Gasteiger partial charge on any atom is 0.245 e. The van der Waals surface area contributed by atoms with Gasteiger partial charge in [-0.2, -0.15) is 0 Å². The van der Waals surface area contributed by atoms with E-state index < -0.39 is 0 Å². The molecule has 2 heterocycles. The number of rotatable bonds is 7. The number of aryl methyl sites for hydroxylation is 2. The van der Waals surface area contributed by atoms with E-state index in [-0.39, 0.29) is 17.9 Å². The van der Waals surface area contributed by atoms with Crippen molar-refractivity contribution in [3.05, 3.63) is 18.2 Å². The molecule has 0 spiro atoms. The summed E-state index contributed by atoms with van der Waals surface area (Å²) in [7, 11) is 1.82. The van der Waals surface area contributed by atoms with Gasteiger partial charge in [0, 0.05) is 51.9 Å². The molecule has 1 aromatic rings. The van der Waals surface area contributed by atoms with Crippen molar-refractivity contribution in [3.63, 3.8) is 0 Å². The molecule has 0 N–H and O–H groups in total. The SMILES string of the molecule is CCCC[C@@H]1C(=O)N(C)CCN1C(=O)CCn1ccnc1CC. The van der Waals surface area contributed by atoms with Crippen LogP contribution in [0.2, 0.25) is 0 Å². The minimum atomic E-state index is -0.283. The first kappa shape index (κ1) is 17.5. The van der Waals surface area contributed by atoms with Gasteiger partial charge in [0.15, 0.2) is 0 Å². The summed E-state index contributed by atoms with van der Waals surface area (Å²) in [6.45, 7) is 6.05. The molecule has 0 bridgehead atoms. The van der Waals surface area contributed by atoms with Gasteiger partial charge in [-0.1, -0.05) is 26.7 Å². The standard InChI is InChI=1S/C17H28N4O2/c1-4-6-7-14-17(23)19(3)12-13-21(14)16(22)8-10-20-11-9-18-15(20)5-2/h9,11,14H,4-8,10,12-13H2,1-3H3/t14-/m1/s1. The molecule has 2 rings (SSSR count). The summed E-state index contributed by atoms with van der Waals surface area (Å²) < 4.78 is 2.02. The highest BCUT2D eigenvalue weighted by molar-refractivity contribution is 5.88. The second kappa shape index (κ2) is 8.13. The Balaban J connectivity index is 1.99. The minimum Gasteiger partial charge on any atom is -0.342 e. The van der Waals surface area contributed by atoms with Gasteiger partial charge in [-0.25, -0.2) is 4.98 Å². The van der Waals surface area contributed by atoms with Crippen molar-refractivity contribution in [1.82, 2.24) is 19.4 Å². The summed E-state index contributed by atoms with van der Waals surface area (Å²) in [6, 6.07) is -0.283. The Morgan fingerprint density at radius 3 is 2.83 bits per heavy atom. The van der Waals surface area contributed by atoms with E-state index in [9.17, 15) is 9.59 Å². The highest BCUT2D eigenvalue weighted by Gasteiger charge is 2.34. The zero-order chi connectivity index (χ0) is 16.8. The number of carbonyl (C=O) groups excluding carboxylic acids is 2. The molecule has 128 valence electrons. The second-order valence-electron chi connectivity index (χ2n) is 6.15. The van der Waals surface area contributed by atoms with E-state index >= 15 is 0 Å². The van der Waals surface area contributed by atoms with Gasteiger partial charge in [0.1, 0.15) is 11.9 Å². The zero-order valence-electron chi connectivity index (χ0n) is 14.5. The third kappa shape index (κ3) is 4.12. The number of hydrogen-bond acceptors (Lipinski definition) is 3. The maximum absolute atomic E-state index is 12.6. The topological polar surface area (TPSA) is 58.4 Å². The van der Waals surface area contributed by atoms with Crippen LogP contribution in [0, 0.1) is 0 Å². The Bertz CT molecular complexity index is 540. The van der Waals surface area contributed by atoms with Crippen LogP contribution in [0.15, 0.2) is 12.4 Å². The first-order valence-electron chi connectivity index (χ1n) is 8.62. The van der Waals surface area contributed by atoms with Gasteiger partial charge >= 0.3 is 0 Å². The Hall–Kier alpha value is -1.85. The van der Waals surface area contributed by atoms with Gasteiger partial charge < -0.3 is 14.4 Å². The third-order valence-electron chi connectivity index (χ3n) is 4.55. The third-order valence-corrected chi connectivity index (χ3v) is 4.55. The molecule has 6 nitrogen and oxygen atoms in total. The van der Waals surface area contributed by atoms with Crippen molar-refractivity contribution in [1.29, 1.82) is 0 Å². The van der Waals surface area contributed by atoms with Crippen LogP contribution in [0.25, 0.3) is 0 Å². The van der Waals surface area contributed by atoms with E-state index in [2.05, 4.69) is 18.8 Å². The van der Waals surface area contributed by atoms with Crippen molar-refractivity contribution in [2.24, 2.45) is 0 Å². The number of unbranched alkanes of at least 4 members (excludes halogenated alkanes) is 1. The Kier molecular flexibility index (Phi) is 6.19. The molecular weight excluding hydrogens is 292 g/mol. The number of likely N-dealkylation sites (N-methyl/N-ethyl adjacent to an activating group) is 1. The number of nitrogens with zero attached hydrogens (tertiary/aromatic N) is 4. The molecule has 6 heteroatoms. The average Bonchev–Trinajstić information content (AvgIpc) is 3.01. The smallest absolute Gasteiger partial charge is 0.245 e. The van der Waals surface area contributed by atoms with Crippen molar-refractivity contribution in [2.45, 2.75) is 58.5 Å². The molecule has 1 saturated heterocycles. The second-order valence-corrected chi connectivity index (χ2v) is 6.15. The number of imidazole rings is 1. The van der Waals surface area contributed by atoms with Crippen LogP contribution >= 0.6 is 0 Å². The molecular formula is C17H28N4O2. The summed E-state index contributed by atoms with van der Waals surface area (Å²) in [5, 5.41) is 0. The first-order valence-corrected chi connectivity index (χ1v) is 8.62. The monoisotopic (exact) mass is 320 g/mol. The largest absolute Gasteiger partial charge is 0.342 e. The number of amides is 2. The lowest BCUT2D eigenvalue weighted by molar-refractivity contribution is -0.150. The quantitative estimate of drug-likeness (QED) is 0.768. The highest BCUT2D eigenvalue weighted by atomic mass is 16.2. The predicted molar refractivity (Wildman–Crippen MR) is 88.9 cm³/mol. The van der Waals surface area contributed by atoms with Crippen LogP contribution in [0.5, 0.6) is 0 Å². The summed E-state index contributed by atoms with van der Waals surface area (Å²) in [6.07, 6.45) is 7.72. The van der Waals surface area contributed by atoms with Crippen LogP contribution < -0.4 is 0 Å². The van der Waals surface area contributed by atoms with Gasteiger partial charge in [0.25, 0.3) is 0 Å². The molecule has 0 aliphatic carbocycles. The van der Waals surface area contributed by atoms with E-state index in [1.165, 1.54) is 0 Å². The van der Waals surface area contributed by atoms with Crippen LogP contribution in [0.3, 0.4) is 0 Å². The lowest BCUT2D eigenvalue weighted by Crippen LogP contribution is -2.57. The first-order chi connectivity index (χ1) is 11.1. The van der Waals surface area contributed by atoms with Crippen molar-refractivity contribution in [2.75, 3.05) is 20.1 Å². The Morgan fingerprint density at radius 2 is 2.13 bits per heavy atom. The van der Waals surface area contributed by atoms with Crippen LogP contribution in [-0.2, 0) is 22.6 Å². The molecule has 1 aromatic heterocycles. The number of carbonyl (C=O) groups is 2. The van der Waals surface area contributed by atoms with Gasteiger partial charge in [0.05, 0.1) is 0 Å². The molecule has 0 saturated carbocycles. The Morgan fingerprint density at radius 1 is 1.35 bits per heavy atom. The molecule has 0 unspecified atom stereocenters. The zero-order valence-corrected chi connectivity index (χ0v) is 14.5. The van der Waals surface area contributed by atoms with Crippen LogP contribution in [-0.4, -0.2) is 57.3 Å². The summed E-state index contributed by atoms with van der Waals surface area (Å²) in [5.41, 5.74) is 0. The fourth-order valence-electron chi connectivity index (χ4n) is 3.10. The van der Waals surface area contributed by atoms with Gasteiger partial charge in [-0.15, -0.1) is 0 Å². The predicted octanol–water partition coefficient (Wildman–Crippen LogP) is 1.69. The number of piperazine rings is 1. The van der Waals surface area contributed by atoms with Crippen LogP contribution in [0.4, 0.5) is 0 Å². The highest BCUT2D eigenvalue weighted by Crippen LogP contribution is 2.17. The average molecular weight is 320 g/mol. The van der Waals surface area contributed by atoms with Crippen molar-refractivity contribution >= 4 is 11.8 Å². The fourth-order valence-corrected chi connectivity index (χ4v) is 3.10. The van der Waals surface area contributed by atoms with Gasteiger partial charge in [-0.3, -0.25) is 9.59 Å². The van der Waals surface area contributed by atoms with Crippen molar-refractivity contribution < 1.29 is 9.59 Å². The summed E-state index contributed by atoms with van der Waals surface area (Å²) in [5.74, 6) is 1.15.